The molecule has 0 saturated heterocycles. The Bertz CT molecular complexity index is 1320. The maximum absolute atomic E-state index is 13.1. The third-order valence-corrected chi connectivity index (χ3v) is 5.87. The van der Waals surface area contributed by atoms with Crippen LogP contribution in [0.25, 0.3) is 11.0 Å². The van der Waals surface area contributed by atoms with Gasteiger partial charge < -0.3 is 9.88 Å². The lowest BCUT2D eigenvalue weighted by Crippen LogP contribution is -2.37. The van der Waals surface area contributed by atoms with Gasteiger partial charge in [0.05, 0.1) is 23.9 Å². The smallest absolute Gasteiger partial charge is 0.346 e. The van der Waals surface area contributed by atoms with Gasteiger partial charge in [0.15, 0.2) is 0 Å². The number of carbonyl (C=O) groups excluding carboxylic acids is 1. The van der Waals surface area contributed by atoms with Crippen molar-refractivity contribution in [3.8, 4) is 0 Å². The second kappa shape index (κ2) is 8.41. The van der Waals surface area contributed by atoms with Crippen molar-refractivity contribution in [3.63, 3.8) is 0 Å². The van der Waals surface area contributed by atoms with Crippen LogP contribution < -0.4 is 11.0 Å². The molecule has 2 aromatic heterocycles. The van der Waals surface area contributed by atoms with E-state index >= 15 is 0 Å². The molecule has 1 atom stereocenters. The highest BCUT2D eigenvalue weighted by molar-refractivity contribution is 5.80. The summed E-state index contributed by atoms with van der Waals surface area (Å²) in [5, 5.41) is 7.58. The van der Waals surface area contributed by atoms with Crippen LogP contribution in [0.4, 0.5) is 4.39 Å². The van der Waals surface area contributed by atoms with Gasteiger partial charge in [0, 0.05) is 19.0 Å². The predicted octanol–water partition coefficient (Wildman–Crippen LogP) is 2.10. The Hall–Kier alpha value is -3.75. The highest BCUT2D eigenvalue weighted by atomic mass is 19.1. The Morgan fingerprint density at radius 1 is 1.12 bits per heavy atom. The van der Waals surface area contributed by atoms with Crippen molar-refractivity contribution < 1.29 is 9.18 Å². The normalized spacial score (nSPS) is 16.0. The van der Waals surface area contributed by atoms with Crippen molar-refractivity contribution in [3.05, 3.63) is 82.5 Å². The maximum Gasteiger partial charge on any atom is 0.346 e. The number of halogens is 1. The molecule has 0 bridgehead atoms. The van der Waals surface area contributed by atoms with Crippen LogP contribution in [0.2, 0.25) is 0 Å². The van der Waals surface area contributed by atoms with Gasteiger partial charge in [0.2, 0.25) is 5.91 Å². The molecule has 1 aliphatic heterocycles. The highest BCUT2D eigenvalue weighted by Crippen LogP contribution is 2.14. The Balaban J connectivity index is 1.22. The van der Waals surface area contributed by atoms with E-state index < -0.39 is 0 Å². The first kappa shape index (κ1) is 20.2. The van der Waals surface area contributed by atoms with Crippen molar-refractivity contribution in [1.29, 1.82) is 0 Å². The third-order valence-electron chi connectivity index (χ3n) is 5.87. The van der Waals surface area contributed by atoms with Gasteiger partial charge >= 0.3 is 5.69 Å². The molecule has 3 heterocycles. The minimum atomic E-state index is -0.309. The molecular formula is C23H23FN6O2. The average molecular weight is 434 g/mol. The number of para-hydroxylation sites is 2. The largest absolute Gasteiger partial charge is 0.352 e. The summed E-state index contributed by atoms with van der Waals surface area (Å²) in [6.45, 7) is 1.00. The van der Waals surface area contributed by atoms with Crippen LogP contribution in [0.3, 0.4) is 0 Å². The molecule has 0 spiro atoms. The van der Waals surface area contributed by atoms with Gasteiger partial charge in [-0.3, -0.25) is 9.36 Å². The van der Waals surface area contributed by atoms with E-state index in [0.29, 0.717) is 32.4 Å². The van der Waals surface area contributed by atoms with E-state index in [-0.39, 0.29) is 30.0 Å². The van der Waals surface area contributed by atoms with Gasteiger partial charge in [-0.2, -0.15) is 5.10 Å². The van der Waals surface area contributed by atoms with Crippen LogP contribution >= 0.6 is 0 Å². The van der Waals surface area contributed by atoms with Gasteiger partial charge in [-0.25, -0.2) is 18.9 Å². The van der Waals surface area contributed by atoms with E-state index in [1.807, 2.05) is 28.8 Å². The van der Waals surface area contributed by atoms with Crippen LogP contribution in [0.1, 0.15) is 24.2 Å². The Kier molecular flexibility index (Phi) is 5.30. The predicted molar refractivity (Wildman–Crippen MR) is 117 cm³/mol. The first-order valence-corrected chi connectivity index (χ1v) is 10.7. The topological polar surface area (TPSA) is 86.7 Å². The molecule has 2 aromatic carbocycles. The van der Waals surface area contributed by atoms with Crippen molar-refractivity contribution in [1.82, 2.24) is 29.2 Å². The van der Waals surface area contributed by atoms with E-state index in [1.165, 1.54) is 16.8 Å². The fourth-order valence-corrected chi connectivity index (χ4v) is 4.20. The summed E-state index contributed by atoms with van der Waals surface area (Å²) < 4.78 is 18.1. The van der Waals surface area contributed by atoms with Crippen LogP contribution in [-0.2, 0) is 30.8 Å². The molecule has 32 heavy (non-hydrogen) atoms. The summed E-state index contributed by atoms with van der Waals surface area (Å²) >= 11 is 0. The van der Waals surface area contributed by atoms with Gasteiger partial charge in [-0.05, 0) is 42.7 Å². The van der Waals surface area contributed by atoms with E-state index in [9.17, 15) is 14.0 Å². The van der Waals surface area contributed by atoms with Gasteiger partial charge in [0.1, 0.15) is 18.2 Å². The quantitative estimate of drug-likeness (QED) is 0.521. The zero-order chi connectivity index (χ0) is 22.1. The number of nitrogens with zero attached hydrogens (tertiary/aromatic N) is 5. The van der Waals surface area contributed by atoms with E-state index in [1.54, 1.807) is 23.0 Å². The molecule has 1 amide bonds. The molecule has 164 valence electrons. The van der Waals surface area contributed by atoms with Gasteiger partial charge in [-0.15, -0.1) is 0 Å². The first-order valence-electron chi connectivity index (χ1n) is 10.7. The number of benzene rings is 2. The third kappa shape index (κ3) is 4.05. The number of carbonyl (C=O) groups is 1. The molecule has 0 aliphatic carbocycles. The van der Waals surface area contributed by atoms with Crippen molar-refractivity contribution >= 4 is 16.9 Å². The molecule has 4 aromatic rings. The van der Waals surface area contributed by atoms with Crippen LogP contribution in [0.5, 0.6) is 0 Å². The summed E-state index contributed by atoms with van der Waals surface area (Å²) in [6, 6.07) is 13.7. The zero-order valence-corrected chi connectivity index (χ0v) is 17.4. The number of imidazole rings is 1. The van der Waals surface area contributed by atoms with Crippen LogP contribution in [0.15, 0.2) is 59.7 Å². The summed E-state index contributed by atoms with van der Waals surface area (Å²) in [6.07, 6.45) is 3.65. The number of aromatic nitrogens is 5. The minimum Gasteiger partial charge on any atom is -0.352 e. The van der Waals surface area contributed by atoms with Crippen molar-refractivity contribution in [2.75, 3.05) is 0 Å². The average Bonchev–Trinajstić information content (AvgIpc) is 3.25. The summed E-state index contributed by atoms with van der Waals surface area (Å²) in [5.74, 6) is 0.330. The lowest BCUT2D eigenvalue weighted by Gasteiger charge is -2.16. The summed E-state index contributed by atoms with van der Waals surface area (Å²) in [7, 11) is 0. The fourth-order valence-electron chi connectivity index (χ4n) is 4.20. The van der Waals surface area contributed by atoms with Gasteiger partial charge in [0.25, 0.3) is 0 Å². The Labute approximate surface area is 183 Å². The van der Waals surface area contributed by atoms with Crippen LogP contribution in [-0.4, -0.2) is 35.8 Å². The first-order chi connectivity index (χ1) is 15.6. The van der Waals surface area contributed by atoms with Gasteiger partial charge in [-0.1, -0.05) is 24.3 Å². The Morgan fingerprint density at radius 3 is 2.78 bits per heavy atom. The molecule has 5 rings (SSSR count). The van der Waals surface area contributed by atoms with Crippen molar-refractivity contribution in [2.45, 2.75) is 44.9 Å². The van der Waals surface area contributed by atoms with Crippen LogP contribution in [0, 0.1) is 5.82 Å². The highest BCUT2D eigenvalue weighted by Gasteiger charge is 2.22. The number of hydrogen-bond donors (Lipinski definition) is 1. The number of hydrogen-bond acceptors (Lipinski definition) is 4. The molecule has 0 fully saturated rings. The monoisotopic (exact) mass is 434 g/mol. The zero-order valence-electron chi connectivity index (χ0n) is 17.4. The second-order valence-electron chi connectivity index (χ2n) is 8.09. The molecule has 0 saturated carbocycles. The summed E-state index contributed by atoms with van der Waals surface area (Å²) in [4.78, 5) is 29.7. The molecule has 9 heteroatoms. The number of amides is 1. The number of aryl methyl sites for hydroxylation is 1. The van der Waals surface area contributed by atoms with E-state index in [2.05, 4.69) is 15.4 Å². The Morgan fingerprint density at radius 2 is 1.94 bits per heavy atom. The molecule has 1 aliphatic rings. The molecule has 8 nitrogen and oxygen atoms in total. The molecule has 0 radical (unpaired) electrons. The number of nitrogens with one attached hydrogen (secondary N) is 1. The molecular weight excluding hydrogens is 411 g/mol. The SMILES string of the molecule is O=C(Cn1cnc2ccccc21)NC1CCc2nn(Cc3ccc(F)cc3)c(=O)n2CC1. The fraction of sp³-hybridized carbons (Fsp3) is 0.304. The second-order valence-corrected chi connectivity index (χ2v) is 8.09. The van der Waals surface area contributed by atoms with Crippen molar-refractivity contribution in [2.24, 2.45) is 0 Å². The molecule has 1 N–H and O–H groups in total. The maximum atomic E-state index is 13.1. The standard InChI is InChI=1S/C23H23FN6O2/c24-17-7-5-16(6-8-17)13-30-23(32)29-12-11-18(9-10-21(29)27-30)26-22(31)14-28-15-25-19-3-1-2-4-20(19)28/h1-8,15,18H,9-14H2,(H,26,31). The summed E-state index contributed by atoms with van der Waals surface area (Å²) in [5.41, 5.74) is 2.42. The lowest BCUT2D eigenvalue weighted by molar-refractivity contribution is -0.122. The molecule has 1 unspecified atom stereocenters. The van der Waals surface area contributed by atoms with E-state index in [4.69, 9.17) is 0 Å². The lowest BCUT2D eigenvalue weighted by atomic mass is 10.1. The minimum absolute atomic E-state index is 0.0241. The van der Waals surface area contributed by atoms with E-state index in [0.717, 1.165) is 22.4 Å². The number of rotatable bonds is 5. The number of fused-ring (bicyclic) bond motifs is 2.